The molecular weight excluding hydrogens is 108 g/mol. The second kappa shape index (κ2) is 3.92. The minimum Gasteiger partial charge on any atom is -0.0654 e. The zero-order valence-electron chi connectivity index (χ0n) is 8.20. The molecule has 1 atom stereocenters. The number of rotatable bonds is 3. The highest BCUT2D eigenvalue weighted by atomic mass is 14.1. The summed E-state index contributed by atoms with van der Waals surface area (Å²) in [5.74, 6) is 0. The van der Waals surface area contributed by atoms with Crippen LogP contribution in [0.5, 0.6) is 0 Å². The molecule has 0 radical (unpaired) electrons. The van der Waals surface area contributed by atoms with Crippen LogP contribution in [-0.2, 0) is 0 Å². The highest BCUT2D eigenvalue weighted by molar-refractivity contribution is 4.60. The molecule has 0 aliphatic heterocycles. The molecule has 0 bridgehead atoms. The van der Waals surface area contributed by atoms with Crippen molar-refractivity contribution in [3.05, 3.63) is 0 Å². The molecule has 0 spiro atoms. The first-order chi connectivity index (χ1) is 4.45. The molecular formula is C9H20. The monoisotopic (exact) mass is 130 g/mol. The van der Waals surface area contributed by atoms with Crippen LogP contribution in [0, 0.1) is 5.41 Å². The van der Waals surface area contributed by atoms with Crippen LogP contribution in [0.2, 0.25) is 0 Å². The maximum absolute atomic E-state index is 7.63. The maximum Gasteiger partial charge on any atom is 0.0267 e. The largest absolute Gasteiger partial charge is 0.0654 e. The first kappa shape index (κ1) is 7.11. The molecule has 0 aliphatic carbocycles. The normalized spacial score (nSPS) is 17.1. The standard InChI is InChI=1S/C9H20/c1-5-6-7-8-9(2,3)4/h5-8H2,1-4H3/i7T. The Bertz CT molecular complexity index is 81.2. The Hall–Kier alpha value is 0. The molecule has 9 heavy (non-hydrogen) atoms. The lowest BCUT2D eigenvalue weighted by Gasteiger charge is -2.16. The molecule has 0 aliphatic rings. The molecule has 0 saturated heterocycles. The van der Waals surface area contributed by atoms with Crippen molar-refractivity contribution in [2.45, 2.75) is 53.4 Å². The van der Waals surface area contributed by atoms with E-state index in [1.54, 1.807) is 0 Å². The molecule has 0 aromatic heterocycles. The zero-order valence-corrected chi connectivity index (χ0v) is 7.20. The summed E-state index contributed by atoms with van der Waals surface area (Å²) in [5, 5.41) is 0. The molecule has 1 unspecified atom stereocenters. The van der Waals surface area contributed by atoms with Crippen molar-refractivity contribution < 1.29 is 1.37 Å². The second-order valence-electron chi connectivity index (χ2n) is 3.84. The van der Waals surface area contributed by atoms with Gasteiger partial charge in [-0.05, 0) is 11.8 Å². The highest BCUT2D eigenvalue weighted by Gasteiger charge is 2.07. The van der Waals surface area contributed by atoms with E-state index >= 15 is 0 Å². The maximum atomic E-state index is 7.63. The fourth-order valence-corrected chi connectivity index (χ4v) is 0.739. The minimum absolute atomic E-state index is 0.157. The lowest BCUT2D eigenvalue weighted by atomic mass is 9.90. The molecule has 0 heterocycles. The predicted molar refractivity (Wildman–Crippen MR) is 43.6 cm³/mol. The van der Waals surface area contributed by atoms with Gasteiger partial charge >= 0.3 is 0 Å². The molecule has 0 rings (SSSR count). The lowest BCUT2D eigenvalue weighted by molar-refractivity contribution is 0.359. The van der Waals surface area contributed by atoms with Crippen LogP contribution in [0.4, 0.5) is 0 Å². The van der Waals surface area contributed by atoms with Crippen LogP contribution in [0.3, 0.4) is 0 Å². The van der Waals surface area contributed by atoms with Crippen LogP contribution in [0.15, 0.2) is 0 Å². The first-order valence-electron chi connectivity index (χ1n) is 4.45. The van der Waals surface area contributed by atoms with Gasteiger partial charge in [-0.2, -0.15) is 0 Å². The summed E-state index contributed by atoms with van der Waals surface area (Å²) in [4.78, 5) is 0. The quantitative estimate of drug-likeness (QED) is 0.547. The summed E-state index contributed by atoms with van der Waals surface area (Å²) in [6.07, 6.45) is 3.38. The van der Waals surface area contributed by atoms with E-state index in [4.69, 9.17) is 1.37 Å². The van der Waals surface area contributed by atoms with E-state index < -0.39 is 0 Å². The SMILES string of the molecule is [3H]C(CCC)CC(C)(C)C. The molecule has 0 amide bonds. The van der Waals surface area contributed by atoms with Crippen molar-refractivity contribution in [2.75, 3.05) is 0 Å². The molecule has 56 valence electrons. The average Bonchev–Trinajstić information content (AvgIpc) is 1.59. The van der Waals surface area contributed by atoms with Crippen LogP contribution < -0.4 is 0 Å². The van der Waals surface area contributed by atoms with Gasteiger partial charge in [0, 0.05) is 1.37 Å². The van der Waals surface area contributed by atoms with Crippen molar-refractivity contribution in [3.63, 3.8) is 0 Å². The number of hydrogen-bond donors (Lipinski definition) is 0. The van der Waals surface area contributed by atoms with Crippen molar-refractivity contribution >= 4 is 0 Å². The van der Waals surface area contributed by atoms with E-state index in [2.05, 4.69) is 27.7 Å². The fraction of sp³-hybridized carbons (Fsp3) is 1.00. The van der Waals surface area contributed by atoms with Crippen LogP contribution >= 0.6 is 0 Å². The van der Waals surface area contributed by atoms with Crippen LogP contribution in [0.25, 0.3) is 0 Å². The van der Waals surface area contributed by atoms with Gasteiger partial charge in [-0.1, -0.05) is 46.9 Å². The van der Waals surface area contributed by atoms with Crippen molar-refractivity contribution in [1.29, 1.82) is 0 Å². The molecule has 0 N–H and O–H groups in total. The summed E-state index contributed by atoms with van der Waals surface area (Å²) >= 11 is 0. The Morgan fingerprint density at radius 3 is 2.22 bits per heavy atom. The van der Waals surface area contributed by atoms with Gasteiger partial charge in [-0.3, -0.25) is 0 Å². The molecule has 0 fully saturated rings. The predicted octanol–water partition coefficient (Wildman–Crippen LogP) is 3.61. The van der Waals surface area contributed by atoms with E-state index in [1.165, 1.54) is 0 Å². The number of hydrogen-bond acceptors (Lipinski definition) is 0. The minimum atomic E-state index is 0.157. The van der Waals surface area contributed by atoms with Crippen molar-refractivity contribution in [1.82, 2.24) is 0 Å². The average molecular weight is 130 g/mol. The van der Waals surface area contributed by atoms with Gasteiger partial charge in [0.1, 0.15) is 0 Å². The highest BCUT2D eigenvalue weighted by Crippen LogP contribution is 2.21. The Kier molecular flexibility index (Phi) is 3.10. The van der Waals surface area contributed by atoms with E-state index in [9.17, 15) is 0 Å². The molecule has 0 saturated carbocycles. The topological polar surface area (TPSA) is 0 Å². The van der Waals surface area contributed by atoms with E-state index in [0.717, 1.165) is 19.3 Å². The Morgan fingerprint density at radius 1 is 1.33 bits per heavy atom. The second-order valence-corrected chi connectivity index (χ2v) is 3.84. The van der Waals surface area contributed by atoms with E-state index in [-0.39, 0.29) is 6.40 Å². The van der Waals surface area contributed by atoms with Gasteiger partial charge in [0.25, 0.3) is 0 Å². The summed E-state index contributed by atoms with van der Waals surface area (Å²) < 4.78 is 7.63. The molecule has 0 nitrogen and oxygen atoms in total. The molecule has 0 aromatic rings. The Morgan fingerprint density at radius 2 is 1.89 bits per heavy atom. The van der Waals surface area contributed by atoms with E-state index in [0.29, 0.717) is 5.41 Å². The Labute approximate surface area is 61.1 Å². The third-order valence-electron chi connectivity index (χ3n) is 1.25. The summed E-state index contributed by atoms with van der Waals surface area (Å²) in [6, 6.07) is 0. The summed E-state index contributed by atoms with van der Waals surface area (Å²) in [7, 11) is 0. The van der Waals surface area contributed by atoms with Crippen LogP contribution in [0.1, 0.15) is 54.7 Å². The van der Waals surface area contributed by atoms with Gasteiger partial charge < -0.3 is 0 Å². The van der Waals surface area contributed by atoms with Gasteiger partial charge in [0.05, 0.1) is 0 Å². The molecule has 0 heteroatoms. The van der Waals surface area contributed by atoms with Crippen LogP contribution in [-0.4, -0.2) is 0 Å². The van der Waals surface area contributed by atoms with Gasteiger partial charge in [0.15, 0.2) is 0 Å². The molecule has 0 aromatic carbocycles. The first-order valence-corrected chi connectivity index (χ1v) is 3.88. The zero-order chi connectivity index (χ0) is 8.20. The summed E-state index contributed by atoms with van der Waals surface area (Å²) in [6.45, 7) is 8.74. The van der Waals surface area contributed by atoms with Gasteiger partial charge in [-0.25, -0.2) is 0 Å². The third-order valence-corrected chi connectivity index (χ3v) is 1.25. The summed E-state index contributed by atoms with van der Waals surface area (Å²) in [5.41, 5.74) is 0.335. The van der Waals surface area contributed by atoms with Crippen molar-refractivity contribution in [3.8, 4) is 0 Å². The van der Waals surface area contributed by atoms with Gasteiger partial charge in [-0.15, -0.1) is 0 Å². The third kappa shape index (κ3) is 8.00. The Balaban J connectivity index is 3.47. The van der Waals surface area contributed by atoms with E-state index in [1.807, 2.05) is 0 Å². The van der Waals surface area contributed by atoms with Gasteiger partial charge in [0.2, 0.25) is 0 Å². The fourth-order valence-electron chi connectivity index (χ4n) is 0.739. The lowest BCUT2D eigenvalue weighted by Crippen LogP contribution is -2.03. The smallest absolute Gasteiger partial charge is 0.0267 e. The van der Waals surface area contributed by atoms with Crippen molar-refractivity contribution in [2.24, 2.45) is 5.41 Å².